The average Bonchev–Trinajstić information content (AvgIpc) is 2.24. The van der Waals surface area contributed by atoms with Crippen LogP contribution in [-0.4, -0.2) is 24.0 Å². The number of rotatable bonds is 6. The monoisotopic (exact) mass is 218 g/mol. The normalized spacial score (nSPS) is 11.0. The first kappa shape index (κ1) is 12.8. The standard InChI is InChI=1S/C14H22N2/c1-4-9-16(12(2)3)10-8-13-6-5-7-14(15)11-13/h4-7,11-12H,1,8-10,15H2,2-3H3. The van der Waals surface area contributed by atoms with Gasteiger partial charge in [-0.25, -0.2) is 0 Å². The lowest BCUT2D eigenvalue weighted by atomic mass is 10.1. The summed E-state index contributed by atoms with van der Waals surface area (Å²) in [7, 11) is 0. The number of benzene rings is 1. The molecule has 2 heteroatoms. The predicted octanol–water partition coefficient (Wildman–Crippen LogP) is 2.71. The zero-order chi connectivity index (χ0) is 12.0. The first-order chi connectivity index (χ1) is 7.63. The fourth-order valence-corrected chi connectivity index (χ4v) is 1.75. The summed E-state index contributed by atoms with van der Waals surface area (Å²) in [4.78, 5) is 2.40. The molecule has 2 N–H and O–H groups in total. The SMILES string of the molecule is C=CCN(CCc1cccc(N)c1)C(C)C. The Kier molecular flexibility index (Phi) is 5.06. The quantitative estimate of drug-likeness (QED) is 0.587. The number of hydrogen-bond acceptors (Lipinski definition) is 2. The minimum absolute atomic E-state index is 0.555. The molecule has 0 aromatic heterocycles. The molecule has 1 aromatic rings. The van der Waals surface area contributed by atoms with Gasteiger partial charge < -0.3 is 5.73 Å². The lowest BCUT2D eigenvalue weighted by Crippen LogP contribution is -2.32. The highest BCUT2D eigenvalue weighted by molar-refractivity contribution is 5.40. The molecular weight excluding hydrogens is 196 g/mol. The number of hydrogen-bond donors (Lipinski definition) is 1. The summed E-state index contributed by atoms with van der Waals surface area (Å²) in [6, 6.07) is 8.67. The van der Waals surface area contributed by atoms with Crippen LogP contribution in [0, 0.1) is 0 Å². The van der Waals surface area contributed by atoms with Gasteiger partial charge in [-0.15, -0.1) is 6.58 Å². The topological polar surface area (TPSA) is 29.3 Å². The summed E-state index contributed by atoms with van der Waals surface area (Å²) in [6.07, 6.45) is 3.00. The van der Waals surface area contributed by atoms with E-state index < -0.39 is 0 Å². The maximum Gasteiger partial charge on any atom is 0.0316 e. The molecule has 0 aliphatic heterocycles. The molecule has 2 nitrogen and oxygen atoms in total. The Morgan fingerprint density at radius 2 is 2.19 bits per heavy atom. The van der Waals surface area contributed by atoms with Crippen molar-refractivity contribution in [3.63, 3.8) is 0 Å². The summed E-state index contributed by atoms with van der Waals surface area (Å²) in [5.74, 6) is 0. The Labute approximate surface area is 98.8 Å². The molecule has 0 amide bonds. The third-order valence-electron chi connectivity index (χ3n) is 2.73. The number of nitrogens with two attached hydrogens (primary N) is 1. The molecule has 0 radical (unpaired) electrons. The van der Waals surface area contributed by atoms with Crippen LogP contribution < -0.4 is 5.73 Å². The maximum atomic E-state index is 5.75. The molecule has 0 saturated heterocycles. The van der Waals surface area contributed by atoms with Crippen LogP contribution in [0.5, 0.6) is 0 Å². The summed E-state index contributed by atoms with van der Waals surface area (Å²) < 4.78 is 0. The van der Waals surface area contributed by atoms with E-state index in [9.17, 15) is 0 Å². The first-order valence-corrected chi connectivity index (χ1v) is 5.83. The van der Waals surface area contributed by atoms with E-state index in [0.717, 1.165) is 25.2 Å². The minimum Gasteiger partial charge on any atom is -0.399 e. The van der Waals surface area contributed by atoms with E-state index in [1.54, 1.807) is 0 Å². The smallest absolute Gasteiger partial charge is 0.0316 e. The number of nitrogens with zero attached hydrogens (tertiary/aromatic N) is 1. The van der Waals surface area contributed by atoms with Crippen LogP contribution in [0.3, 0.4) is 0 Å². The van der Waals surface area contributed by atoms with Crippen molar-refractivity contribution in [2.24, 2.45) is 0 Å². The molecule has 0 aliphatic rings. The second-order valence-electron chi connectivity index (χ2n) is 4.37. The van der Waals surface area contributed by atoms with Gasteiger partial charge >= 0.3 is 0 Å². The zero-order valence-corrected chi connectivity index (χ0v) is 10.3. The molecule has 16 heavy (non-hydrogen) atoms. The minimum atomic E-state index is 0.555. The Balaban J connectivity index is 2.51. The van der Waals surface area contributed by atoms with Gasteiger partial charge in [-0.05, 0) is 38.0 Å². The summed E-state index contributed by atoms with van der Waals surface area (Å²) >= 11 is 0. The van der Waals surface area contributed by atoms with Gasteiger partial charge in [0, 0.05) is 24.8 Å². The predicted molar refractivity (Wildman–Crippen MR) is 71.5 cm³/mol. The second-order valence-corrected chi connectivity index (χ2v) is 4.37. The van der Waals surface area contributed by atoms with Crippen molar-refractivity contribution < 1.29 is 0 Å². The fourth-order valence-electron chi connectivity index (χ4n) is 1.75. The highest BCUT2D eigenvalue weighted by atomic mass is 15.1. The third kappa shape index (κ3) is 4.07. The highest BCUT2D eigenvalue weighted by Crippen LogP contribution is 2.09. The third-order valence-corrected chi connectivity index (χ3v) is 2.73. The number of anilines is 1. The Hall–Kier alpha value is -1.28. The summed E-state index contributed by atoms with van der Waals surface area (Å²) in [6.45, 7) is 10.2. The molecule has 0 saturated carbocycles. The van der Waals surface area contributed by atoms with E-state index in [-0.39, 0.29) is 0 Å². The van der Waals surface area contributed by atoms with Crippen LogP contribution in [0.25, 0.3) is 0 Å². The first-order valence-electron chi connectivity index (χ1n) is 5.83. The van der Waals surface area contributed by atoms with Crippen molar-refractivity contribution in [3.8, 4) is 0 Å². The molecule has 0 fully saturated rings. The number of nitrogen functional groups attached to an aromatic ring is 1. The Bertz CT molecular complexity index is 331. The lowest BCUT2D eigenvalue weighted by molar-refractivity contribution is 0.249. The van der Waals surface area contributed by atoms with Crippen LogP contribution in [0.15, 0.2) is 36.9 Å². The van der Waals surface area contributed by atoms with Crippen molar-refractivity contribution in [2.45, 2.75) is 26.3 Å². The van der Waals surface area contributed by atoms with E-state index in [1.807, 2.05) is 24.3 Å². The molecule has 0 bridgehead atoms. The molecule has 0 aliphatic carbocycles. The van der Waals surface area contributed by atoms with E-state index >= 15 is 0 Å². The van der Waals surface area contributed by atoms with Crippen molar-refractivity contribution in [3.05, 3.63) is 42.5 Å². The lowest BCUT2D eigenvalue weighted by Gasteiger charge is -2.24. The molecule has 0 atom stereocenters. The van der Waals surface area contributed by atoms with Crippen LogP contribution in [-0.2, 0) is 6.42 Å². The van der Waals surface area contributed by atoms with Gasteiger partial charge in [-0.3, -0.25) is 4.90 Å². The van der Waals surface area contributed by atoms with E-state index in [4.69, 9.17) is 5.73 Å². The van der Waals surface area contributed by atoms with Crippen molar-refractivity contribution in [1.29, 1.82) is 0 Å². The van der Waals surface area contributed by atoms with Gasteiger partial charge in [0.15, 0.2) is 0 Å². The average molecular weight is 218 g/mol. The van der Waals surface area contributed by atoms with Gasteiger partial charge in [0.25, 0.3) is 0 Å². The second kappa shape index (κ2) is 6.33. The van der Waals surface area contributed by atoms with Gasteiger partial charge in [-0.2, -0.15) is 0 Å². The molecule has 0 heterocycles. The molecule has 0 spiro atoms. The van der Waals surface area contributed by atoms with Gasteiger partial charge in [-0.1, -0.05) is 18.2 Å². The van der Waals surface area contributed by atoms with Gasteiger partial charge in [0.05, 0.1) is 0 Å². The van der Waals surface area contributed by atoms with E-state index in [0.29, 0.717) is 6.04 Å². The molecule has 1 rings (SSSR count). The van der Waals surface area contributed by atoms with Crippen LogP contribution in [0.4, 0.5) is 5.69 Å². The van der Waals surface area contributed by atoms with E-state index in [1.165, 1.54) is 5.56 Å². The molecule has 1 aromatic carbocycles. The fraction of sp³-hybridized carbons (Fsp3) is 0.429. The zero-order valence-electron chi connectivity index (χ0n) is 10.3. The van der Waals surface area contributed by atoms with Crippen molar-refractivity contribution in [1.82, 2.24) is 4.90 Å². The van der Waals surface area contributed by atoms with Crippen LogP contribution in [0.1, 0.15) is 19.4 Å². The largest absolute Gasteiger partial charge is 0.399 e. The Morgan fingerprint density at radius 3 is 2.75 bits per heavy atom. The maximum absolute atomic E-state index is 5.75. The van der Waals surface area contributed by atoms with Gasteiger partial charge in [0.1, 0.15) is 0 Å². The highest BCUT2D eigenvalue weighted by Gasteiger charge is 2.07. The van der Waals surface area contributed by atoms with Crippen molar-refractivity contribution in [2.75, 3.05) is 18.8 Å². The molecular formula is C14H22N2. The van der Waals surface area contributed by atoms with E-state index in [2.05, 4.69) is 31.4 Å². The van der Waals surface area contributed by atoms with Gasteiger partial charge in [0.2, 0.25) is 0 Å². The summed E-state index contributed by atoms with van der Waals surface area (Å²) in [5.41, 5.74) is 7.90. The molecule has 88 valence electrons. The summed E-state index contributed by atoms with van der Waals surface area (Å²) in [5, 5.41) is 0. The van der Waals surface area contributed by atoms with Crippen LogP contribution >= 0.6 is 0 Å². The molecule has 0 unspecified atom stereocenters. The van der Waals surface area contributed by atoms with Crippen LogP contribution in [0.2, 0.25) is 0 Å². The Morgan fingerprint density at radius 1 is 1.44 bits per heavy atom. The van der Waals surface area contributed by atoms with Crippen molar-refractivity contribution >= 4 is 5.69 Å².